The first-order chi connectivity index (χ1) is 9.51. The third kappa shape index (κ3) is 3.61. The van der Waals surface area contributed by atoms with E-state index in [0.29, 0.717) is 17.0 Å². The summed E-state index contributed by atoms with van der Waals surface area (Å²) in [5, 5.41) is 0.549. The van der Waals surface area contributed by atoms with Crippen LogP contribution in [-0.2, 0) is 5.33 Å². The fourth-order valence-electron chi connectivity index (χ4n) is 1.93. The van der Waals surface area contributed by atoms with Gasteiger partial charge >= 0.3 is 0 Å². The SMILES string of the molecule is CC(C)c1cc(Br)ccc1Oc1ccc(F)cc1CBr. The van der Waals surface area contributed by atoms with Gasteiger partial charge in [-0.05, 0) is 47.9 Å². The summed E-state index contributed by atoms with van der Waals surface area (Å²) in [5.74, 6) is 1.56. The fourth-order valence-corrected chi connectivity index (χ4v) is 2.75. The van der Waals surface area contributed by atoms with Gasteiger partial charge in [0.25, 0.3) is 0 Å². The van der Waals surface area contributed by atoms with Crippen LogP contribution in [0, 0.1) is 5.82 Å². The minimum Gasteiger partial charge on any atom is -0.457 e. The predicted octanol–water partition coefficient (Wildman–Crippen LogP) is 6.40. The highest BCUT2D eigenvalue weighted by Crippen LogP contribution is 2.34. The molecule has 106 valence electrons. The van der Waals surface area contributed by atoms with E-state index in [9.17, 15) is 4.39 Å². The topological polar surface area (TPSA) is 9.23 Å². The van der Waals surface area contributed by atoms with Crippen LogP contribution in [0.1, 0.15) is 30.9 Å². The summed E-state index contributed by atoms with van der Waals surface area (Å²) in [7, 11) is 0. The van der Waals surface area contributed by atoms with Crippen molar-refractivity contribution in [3.63, 3.8) is 0 Å². The summed E-state index contributed by atoms with van der Waals surface area (Å²) in [5.41, 5.74) is 1.91. The van der Waals surface area contributed by atoms with Crippen molar-refractivity contribution in [2.75, 3.05) is 0 Å². The molecule has 0 heterocycles. The lowest BCUT2D eigenvalue weighted by molar-refractivity contribution is 0.467. The number of halogens is 3. The van der Waals surface area contributed by atoms with Crippen molar-refractivity contribution in [1.82, 2.24) is 0 Å². The van der Waals surface area contributed by atoms with E-state index in [0.717, 1.165) is 21.3 Å². The Labute approximate surface area is 135 Å². The smallest absolute Gasteiger partial charge is 0.131 e. The molecule has 0 fully saturated rings. The van der Waals surface area contributed by atoms with Crippen molar-refractivity contribution in [2.24, 2.45) is 0 Å². The van der Waals surface area contributed by atoms with Crippen LogP contribution in [0.2, 0.25) is 0 Å². The molecule has 0 radical (unpaired) electrons. The monoisotopic (exact) mass is 400 g/mol. The molecule has 0 saturated heterocycles. The molecule has 0 unspecified atom stereocenters. The van der Waals surface area contributed by atoms with E-state index in [2.05, 4.69) is 51.8 Å². The lowest BCUT2D eigenvalue weighted by atomic mass is 10.0. The Morgan fingerprint density at radius 3 is 2.45 bits per heavy atom. The summed E-state index contributed by atoms with van der Waals surface area (Å²) < 4.78 is 20.3. The first-order valence-corrected chi connectivity index (χ1v) is 8.24. The molecule has 0 N–H and O–H groups in total. The number of ether oxygens (including phenoxy) is 1. The average Bonchev–Trinajstić information content (AvgIpc) is 2.42. The van der Waals surface area contributed by atoms with Gasteiger partial charge in [-0.2, -0.15) is 0 Å². The van der Waals surface area contributed by atoms with Gasteiger partial charge in [-0.15, -0.1) is 0 Å². The standard InChI is InChI=1S/C16H15Br2FO/c1-10(2)14-8-12(18)3-5-16(14)20-15-6-4-13(19)7-11(15)9-17/h3-8,10H,9H2,1-2H3. The lowest BCUT2D eigenvalue weighted by Gasteiger charge is -2.16. The first-order valence-electron chi connectivity index (χ1n) is 6.33. The van der Waals surface area contributed by atoms with Crippen LogP contribution in [0.25, 0.3) is 0 Å². The second-order valence-electron chi connectivity index (χ2n) is 4.82. The zero-order chi connectivity index (χ0) is 14.7. The van der Waals surface area contributed by atoms with Crippen molar-refractivity contribution in [1.29, 1.82) is 0 Å². The van der Waals surface area contributed by atoms with E-state index in [4.69, 9.17) is 4.74 Å². The van der Waals surface area contributed by atoms with Gasteiger partial charge in [0.15, 0.2) is 0 Å². The normalized spacial score (nSPS) is 10.9. The predicted molar refractivity (Wildman–Crippen MR) is 87.3 cm³/mol. The summed E-state index contributed by atoms with van der Waals surface area (Å²) in [6, 6.07) is 10.5. The first kappa shape index (κ1) is 15.5. The molecular weight excluding hydrogens is 387 g/mol. The van der Waals surface area contributed by atoms with Crippen LogP contribution in [0.5, 0.6) is 11.5 Å². The Kier molecular flexibility index (Phi) is 5.22. The minimum atomic E-state index is -0.258. The molecule has 0 aliphatic rings. The third-order valence-corrected chi connectivity index (χ3v) is 4.08. The minimum absolute atomic E-state index is 0.258. The Bertz CT molecular complexity index is 611. The number of hydrogen-bond donors (Lipinski definition) is 0. The maximum Gasteiger partial charge on any atom is 0.131 e. The highest BCUT2D eigenvalue weighted by molar-refractivity contribution is 9.10. The van der Waals surface area contributed by atoms with E-state index < -0.39 is 0 Å². The van der Waals surface area contributed by atoms with Gasteiger partial charge in [0.1, 0.15) is 17.3 Å². The zero-order valence-corrected chi connectivity index (χ0v) is 14.5. The Morgan fingerprint density at radius 1 is 1.10 bits per heavy atom. The van der Waals surface area contributed by atoms with Gasteiger partial charge in [0, 0.05) is 15.4 Å². The molecule has 2 aromatic rings. The molecule has 0 aromatic heterocycles. The average molecular weight is 402 g/mol. The molecular formula is C16H15Br2FO. The molecule has 0 aliphatic heterocycles. The van der Waals surface area contributed by atoms with Gasteiger partial charge in [0.2, 0.25) is 0 Å². The summed E-state index contributed by atoms with van der Waals surface area (Å²) in [6.45, 7) is 4.23. The Morgan fingerprint density at radius 2 is 1.80 bits per heavy atom. The van der Waals surface area contributed by atoms with Gasteiger partial charge in [-0.25, -0.2) is 4.39 Å². The van der Waals surface area contributed by atoms with Crippen LogP contribution in [-0.4, -0.2) is 0 Å². The summed E-state index contributed by atoms with van der Waals surface area (Å²) in [6.07, 6.45) is 0. The maximum absolute atomic E-state index is 13.3. The van der Waals surface area contributed by atoms with E-state index in [1.54, 1.807) is 6.07 Å². The molecule has 0 bridgehead atoms. The largest absolute Gasteiger partial charge is 0.457 e. The second kappa shape index (κ2) is 6.72. The van der Waals surface area contributed by atoms with Crippen molar-refractivity contribution < 1.29 is 9.13 Å². The molecule has 2 rings (SSSR count). The van der Waals surface area contributed by atoms with Gasteiger partial charge in [-0.3, -0.25) is 0 Å². The van der Waals surface area contributed by atoms with E-state index in [1.165, 1.54) is 12.1 Å². The summed E-state index contributed by atoms with van der Waals surface area (Å²) in [4.78, 5) is 0. The number of alkyl halides is 1. The van der Waals surface area contributed by atoms with Crippen molar-refractivity contribution in [2.45, 2.75) is 25.1 Å². The van der Waals surface area contributed by atoms with E-state index in [-0.39, 0.29) is 5.82 Å². The molecule has 0 saturated carbocycles. The molecule has 0 amide bonds. The van der Waals surface area contributed by atoms with Crippen LogP contribution < -0.4 is 4.74 Å². The molecule has 2 aromatic carbocycles. The van der Waals surface area contributed by atoms with Gasteiger partial charge in [0.05, 0.1) is 0 Å². The molecule has 20 heavy (non-hydrogen) atoms. The number of rotatable bonds is 4. The molecule has 1 nitrogen and oxygen atoms in total. The third-order valence-electron chi connectivity index (χ3n) is 2.98. The Hall–Kier alpha value is -0.870. The fraction of sp³-hybridized carbons (Fsp3) is 0.250. The zero-order valence-electron chi connectivity index (χ0n) is 11.3. The second-order valence-corrected chi connectivity index (χ2v) is 6.30. The molecule has 0 aliphatic carbocycles. The maximum atomic E-state index is 13.3. The van der Waals surface area contributed by atoms with Gasteiger partial charge < -0.3 is 4.74 Å². The van der Waals surface area contributed by atoms with E-state index in [1.807, 2.05) is 12.1 Å². The number of hydrogen-bond acceptors (Lipinski definition) is 1. The van der Waals surface area contributed by atoms with Crippen LogP contribution >= 0.6 is 31.9 Å². The van der Waals surface area contributed by atoms with Crippen LogP contribution in [0.3, 0.4) is 0 Å². The highest BCUT2D eigenvalue weighted by atomic mass is 79.9. The quantitative estimate of drug-likeness (QED) is 0.538. The van der Waals surface area contributed by atoms with Crippen LogP contribution in [0.15, 0.2) is 40.9 Å². The molecule has 4 heteroatoms. The molecule has 0 atom stereocenters. The van der Waals surface area contributed by atoms with Crippen molar-refractivity contribution in [3.8, 4) is 11.5 Å². The number of benzene rings is 2. The summed E-state index contributed by atoms with van der Waals surface area (Å²) >= 11 is 6.84. The molecule has 0 spiro atoms. The Balaban J connectivity index is 2.39. The van der Waals surface area contributed by atoms with Crippen molar-refractivity contribution in [3.05, 3.63) is 57.8 Å². The van der Waals surface area contributed by atoms with Gasteiger partial charge in [-0.1, -0.05) is 45.7 Å². The van der Waals surface area contributed by atoms with Crippen LogP contribution in [0.4, 0.5) is 4.39 Å². The lowest BCUT2D eigenvalue weighted by Crippen LogP contribution is -1.96. The van der Waals surface area contributed by atoms with E-state index >= 15 is 0 Å². The van der Waals surface area contributed by atoms with Crippen molar-refractivity contribution >= 4 is 31.9 Å². The highest BCUT2D eigenvalue weighted by Gasteiger charge is 2.12.